The molecule has 1 saturated heterocycles. The van der Waals surface area contributed by atoms with Crippen molar-refractivity contribution in [3.8, 4) is 0 Å². The molecule has 2 unspecified atom stereocenters. The number of carbonyl (C=O) groups excluding carboxylic acids is 1. The summed E-state index contributed by atoms with van der Waals surface area (Å²) in [5.74, 6) is -0.256. The highest BCUT2D eigenvalue weighted by Crippen LogP contribution is 2.27. The zero-order chi connectivity index (χ0) is 14.6. The van der Waals surface area contributed by atoms with Crippen LogP contribution in [0.4, 0.5) is 0 Å². The molecule has 108 valence electrons. The fourth-order valence-electron chi connectivity index (χ4n) is 2.29. The summed E-state index contributed by atoms with van der Waals surface area (Å²) >= 11 is 1.61. The molecular weight excluding hydrogens is 274 g/mol. The van der Waals surface area contributed by atoms with Crippen LogP contribution < -0.4 is 5.32 Å². The Morgan fingerprint density at radius 1 is 1.30 bits per heavy atom. The zero-order valence-corrected chi connectivity index (χ0v) is 12.3. The summed E-state index contributed by atoms with van der Waals surface area (Å²) in [6.45, 7) is 1.54. The van der Waals surface area contributed by atoms with Gasteiger partial charge in [-0.15, -0.1) is 11.8 Å². The fourth-order valence-corrected chi connectivity index (χ4v) is 3.49. The number of benzene rings is 1. The van der Waals surface area contributed by atoms with Crippen LogP contribution in [0, 0.1) is 0 Å². The zero-order valence-electron chi connectivity index (χ0n) is 11.5. The largest absolute Gasteiger partial charge is 0.479 e. The van der Waals surface area contributed by atoms with Gasteiger partial charge in [0.15, 0.2) is 5.54 Å². The third-order valence-electron chi connectivity index (χ3n) is 3.62. The normalized spacial score (nSPS) is 21.8. The van der Waals surface area contributed by atoms with Gasteiger partial charge in [0.2, 0.25) is 5.91 Å². The second-order valence-corrected chi connectivity index (χ2v) is 6.45. The Labute approximate surface area is 123 Å². The van der Waals surface area contributed by atoms with Crippen molar-refractivity contribution in [1.82, 2.24) is 5.32 Å². The molecule has 1 aromatic rings. The third-order valence-corrected chi connectivity index (χ3v) is 5.00. The van der Waals surface area contributed by atoms with Gasteiger partial charge in [-0.05, 0) is 31.1 Å². The summed E-state index contributed by atoms with van der Waals surface area (Å²) in [6, 6.07) is 8.82. The van der Waals surface area contributed by atoms with Crippen molar-refractivity contribution < 1.29 is 14.7 Å². The predicted octanol–water partition coefficient (Wildman–Crippen LogP) is 2.39. The van der Waals surface area contributed by atoms with Crippen LogP contribution >= 0.6 is 11.8 Å². The van der Waals surface area contributed by atoms with E-state index in [-0.39, 0.29) is 11.2 Å². The number of amides is 1. The molecule has 0 spiro atoms. The SMILES string of the molecule is CC(NC(=O)C1CCCCS1)(C(=O)O)c1ccccc1. The summed E-state index contributed by atoms with van der Waals surface area (Å²) in [5.41, 5.74) is -0.794. The molecule has 1 heterocycles. The summed E-state index contributed by atoms with van der Waals surface area (Å²) in [7, 11) is 0. The first-order valence-electron chi connectivity index (χ1n) is 6.76. The lowest BCUT2D eigenvalue weighted by Crippen LogP contribution is -2.52. The summed E-state index contributed by atoms with van der Waals surface area (Å²) in [5, 5.41) is 12.1. The molecule has 0 bridgehead atoms. The summed E-state index contributed by atoms with van der Waals surface area (Å²) in [4.78, 5) is 23.9. The summed E-state index contributed by atoms with van der Waals surface area (Å²) < 4.78 is 0. The lowest BCUT2D eigenvalue weighted by atomic mass is 9.91. The van der Waals surface area contributed by atoms with Gasteiger partial charge in [0.1, 0.15) is 0 Å². The highest BCUT2D eigenvalue weighted by Gasteiger charge is 2.38. The molecule has 0 radical (unpaired) electrons. The van der Waals surface area contributed by atoms with Gasteiger partial charge in [-0.3, -0.25) is 4.79 Å². The number of hydrogen-bond donors (Lipinski definition) is 2. The Hall–Kier alpha value is -1.49. The number of thioether (sulfide) groups is 1. The number of aliphatic carboxylic acids is 1. The Morgan fingerprint density at radius 2 is 2.00 bits per heavy atom. The lowest BCUT2D eigenvalue weighted by molar-refractivity contribution is -0.147. The maximum Gasteiger partial charge on any atom is 0.333 e. The fraction of sp³-hybridized carbons (Fsp3) is 0.467. The molecule has 0 aromatic heterocycles. The molecule has 1 aliphatic rings. The van der Waals surface area contributed by atoms with Crippen LogP contribution in [0.2, 0.25) is 0 Å². The van der Waals surface area contributed by atoms with E-state index in [1.165, 1.54) is 6.92 Å². The van der Waals surface area contributed by atoms with Crippen LogP contribution in [-0.2, 0) is 15.1 Å². The van der Waals surface area contributed by atoms with Gasteiger partial charge in [0.05, 0.1) is 5.25 Å². The van der Waals surface area contributed by atoms with E-state index in [1.54, 1.807) is 36.0 Å². The molecule has 2 atom stereocenters. The quantitative estimate of drug-likeness (QED) is 0.894. The van der Waals surface area contributed by atoms with Crippen molar-refractivity contribution >= 4 is 23.6 Å². The molecule has 20 heavy (non-hydrogen) atoms. The van der Waals surface area contributed by atoms with Crippen molar-refractivity contribution in [2.45, 2.75) is 37.0 Å². The van der Waals surface area contributed by atoms with Crippen molar-refractivity contribution in [1.29, 1.82) is 0 Å². The average molecular weight is 293 g/mol. The number of rotatable bonds is 4. The minimum absolute atomic E-state index is 0.133. The van der Waals surface area contributed by atoms with Gasteiger partial charge in [0, 0.05) is 0 Å². The van der Waals surface area contributed by atoms with Crippen molar-refractivity contribution in [2.75, 3.05) is 5.75 Å². The van der Waals surface area contributed by atoms with E-state index in [9.17, 15) is 14.7 Å². The van der Waals surface area contributed by atoms with E-state index in [2.05, 4.69) is 5.32 Å². The standard InChI is InChI=1S/C15H19NO3S/c1-15(14(18)19,11-7-3-2-4-8-11)16-13(17)12-9-5-6-10-20-12/h2-4,7-8,12H,5-6,9-10H2,1H3,(H,16,17)(H,18,19). The first-order chi connectivity index (χ1) is 9.54. The van der Waals surface area contributed by atoms with Crippen LogP contribution in [0.1, 0.15) is 31.7 Å². The van der Waals surface area contributed by atoms with Gasteiger partial charge >= 0.3 is 5.97 Å². The van der Waals surface area contributed by atoms with Crippen LogP contribution in [0.5, 0.6) is 0 Å². The van der Waals surface area contributed by atoms with E-state index in [4.69, 9.17) is 0 Å². The number of carboxylic acid groups (broad SMARTS) is 1. The van der Waals surface area contributed by atoms with Gasteiger partial charge in [-0.25, -0.2) is 4.79 Å². The van der Waals surface area contributed by atoms with Gasteiger partial charge in [0.25, 0.3) is 0 Å². The van der Waals surface area contributed by atoms with Crippen LogP contribution in [0.15, 0.2) is 30.3 Å². The second-order valence-electron chi connectivity index (χ2n) is 5.14. The molecular formula is C15H19NO3S. The smallest absolute Gasteiger partial charge is 0.333 e. The highest BCUT2D eigenvalue weighted by molar-refractivity contribution is 8.00. The maximum atomic E-state index is 12.3. The molecule has 5 heteroatoms. The molecule has 1 amide bonds. The second kappa shape index (κ2) is 6.31. The third kappa shape index (κ3) is 3.15. The van der Waals surface area contributed by atoms with Crippen LogP contribution in [0.25, 0.3) is 0 Å². The topological polar surface area (TPSA) is 66.4 Å². The van der Waals surface area contributed by atoms with E-state index in [0.717, 1.165) is 25.0 Å². The molecule has 1 aliphatic heterocycles. The van der Waals surface area contributed by atoms with Crippen molar-refractivity contribution in [2.24, 2.45) is 0 Å². The molecule has 0 aliphatic carbocycles. The van der Waals surface area contributed by atoms with E-state index >= 15 is 0 Å². The first-order valence-corrected chi connectivity index (χ1v) is 7.81. The van der Waals surface area contributed by atoms with Gasteiger partial charge < -0.3 is 10.4 Å². The predicted molar refractivity (Wildman–Crippen MR) is 79.7 cm³/mol. The Balaban J connectivity index is 2.17. The lowest BCUT2D eigenvalue weighted by Gasteiger charge is -2.30. The first kappa shape index (κ1) is 14.9. The monoisotopic (exact) mass is 293 g/mol. The highest BCUT2D eigenvalue weighted by atomic mass is 32.2. The number of nitrogens with one attached hydrogen (secondary N) is 1. The summed E-state index contributed by atoms with van der Waals surface area (Å²) in [6.07, 6.45) is 2.98. The molecule has 1 fully saturated rings. The molecule has 2 rings (SSSR count). The van der Waals surface area contributed by atoms with E-state index in [0.29, 0.717) is 5.56 Å². The van der Waals surface area contributed by atoms with Gasteiger partial charge in [-0.2, -0.15) is 0 Å². The number of carbonyl (C=O) groups is 2. The minimum Gasteiger partial charge on any atom is -0.479 e. The minimum atomic E-state index is -1.38. The number of carboxylic acids is 1. The average Bonchev–Trinajstić information content (AvgIpc) is 2.48. The maximum absolute atomic E-state index is 12.3. The molecule has 0 saturated carbocycles. The Kier molecular flexibility index (Phi) is 4.70. The Bertz CT molecular complexity index is 485. The van der Waals surface area contributed by atoms with E-state index < -0.39 is 11.5 Å². The number of hydrogen-bond acceptors (Lipinski definition) is 3. The van der Waals surface area contributed by atoms with Crippen molar-refractivity contribution in [3.05, 3.63) is 35.9 Å². The van der Waals surface area contributed by atoms with E-state index in [1.807, 2.05) is 6.07 Å². The molecule has 4 nitrogen and oxygen atoms in total. The molecule has 2 N–H and O–H groups in total. The van der Waals surface area contributed by atoms with Gasteiger partial charge in [-0.1, -0.05) is 36.8 Å². The Morgan fingerprint density at radius 3 is 2.55 bits per heavy atom. The van der Waals surface area contributed by atoms with Crippen LogP contribution in [0.3, 0.4) is 0 Å². The van der Waals surface area contributed by atoms with Crippen molar-refractivity contribution in [3.63, 3.8) is 0 Å². The molecule has 1 aromatic carbocycles. The van der Waals surface area contributed by atoms with Crippen LogP contribution in [-0.4, -0.2) is 28.0 Å².